The average Bonchev–Trinajstić information content (AvgIpc) is 2.98. The van der Waals surface area contributed by atoms with Crippen molar-refractivity contribution in [2.45, 2.75) is 19.4 Å². The second-order valence-corrected chi connectivity index (χ2v) is 6.54. The molecule has 0 unspecified atom stereocenters. The minimum Gasteiger partial charge on any atom is -0.312 e. The van der Waals surface area contributed by atoms with Crippen LogP contribution in [0.2, 0.25) is 0 Å². The number of nitrogens with one attached hydrogen (secondary N) is 1. The largest absolute Gasteiger partial charge is 0.312 e. The van der Waals surface area contributed by atoms with Crippen LogP contribution < -0.4 is 5.32 Å². The number of nitrogens with zero attached hydrogens (tertiary/aromatic N) is 2. The maximum atomic E-state index is 4.43. The molecule has 0 spiro atoms. The lowest BCUT2D eigenvalue weighted by Gasteiger charge is -2.21. The molecule has 1 aromatic carbocycles. The Balaban J connectivity index is 1.50. The Bertz CT molecular complexity index is 518. The van der Waals surface area contributed by atoms with Gasteiger partial charge in [-0.1, -0.05) is 18.2 Å². The number of thioether (sulfide) groups is 1. The quantitative estimate of drug-likeness (QED) is 0.916. The first-order valence-electron chi connectivity index (χ1n) is 7.29. The first-order chi connectivity index (χ1) is 9.92. The Labute approximate surface area is 124 Å². The molecule has 1 aliphatic rings. The van der Waals surface area contributed by atoms with Crippen LogP contribution in [0.4, 0.5) is 0 Å². The van der Waals surface area contributed by atoms with Crippen molar-refractivity contribution in [3.8, 4) is 5.69 Å². The van der Waals surface area contributed by atoms with Gasteiger partial charge in [0.25, 0.3) is 0 Å². The summed E-state index contributed by atoms with van der Waals surface area (Å²) in [5.41, 5.74) is 2.36. The molecule has 1 aromatic heterocycles. The number of para-hydroxylation sites is 1. The van der Waals surface area contributed by atoms with Gasteiger partial charge >= 0.3 is 0 Å². The predicted octanol–water partition coefficient (Wildman–Crippen LogP) is 3.11. The lowest BCUT2D eigenvalue weighted by atomic mass is 10.0. The van der Waals surface area contributed by atoms with E-state index in [0.717, 1.165) is 24.7 Å². The van der Waals surface area contributed by atoms with E-state index in [4.69, 9.17) is 0 Å². The van der Waals surface area contributed by atoms with Gasteiger partial charge in [0.2, 0.25) is 0 Å². The van der Waals surface area contributed by atoms with E-state index in [9.17, 15) is 0 Å². The summed E-state index contributed by atoms with van der Waals surface area (Å²) in [5.74, 6) is 3.52. The van der Waals surface area contributed by atoms with Crippen LogP contribution in [-0.2, 0) is 6.54 Å². The molecule has 3 rings (SSSR count). The number of benzene rings is 1. The van der Waals surface area contributed by atoms with Crippen LogP contribution in [0.15, 0.2) is 42.7 Å². The van der Waals surface area contributed by atoms with Crippen molar-refractivity contribution in [1.29, 1.82) is 0 Å². The third-order valence-corrected chi connectivity index (χ3v) is 4.81. The number of aromatic nitrogens is 2. The van der Waals surface area contributed by atoms with E-state index >= 15 is 0 Å². The zero-order valence-corrected chi connectivity index (χ0v) is 12.5. The number of hydrogen-bond donors (Lipinski definition) is 1. The molecular weight excluding hydrogens is 266 g/mol. The van der Waals surface area contributed by atoms with Gasteiger partial charge in [0.05, 0.1) is 11.9 Å². The molecule has 20 heavy (non-hydrogen) atoms. The van der Waals surface area contributed by atoms with E-state index in [1.54, 1.807) is 0 Å². The van der Waals surface area contributed by atoms with Crippen LogP contribution in [0, 0.1) is 5.92 Å². The van der Waals surface area contributed by atoms with Crippen LogP contribution in [0.5, 0.6) is 0 Å². The van der Waals surface area contributed by atoms with Crippen molar-refractivity contribution in [3.63, 3.8) is 0 Å². The highest BCUT2D eigenvalue weighted by molar-refractivity contribution is 7.99. The predicted molar refractivity (Wildman–Crippen MR) is 85.3 cm³/mol. The maximum absolute atomic E-state index is 4.43. The van der Waals surface area contributed by atoms with E-state index in [1.807, 2.05) is 29.1 Å². The second kappa shape index (κ2) is 6.95. The zero-order valence-electron chi connectivity index (χ0n) is 11.7. The van der Waals surface area contributed by atoms with Crippen LogP contribution >= 0.6 is 11.8 Å². The summed E-state index contributed by atoms with van der Waals surface area (Å²) in [4.78, 5) is 0. The molecule has 0 amide bonds. The summed E-state index contributed by atoms with van der Waals surface area (Å²) < 4.78 is 1.94. The summed E-state index contributed by atoms with van der Waals surface area (Å²) in [5, 5.41) is 8.00. The van der Waals surface area contributed by atoms with Crippen LogP contribution in [-0.4, -0.2) is 27.8 Å². The molecule has 1 fully saturated rings. The lowest BCUT2D eigenvalue weighted by Crippen LogP contribution is -2.25. The van der Waals surface area contributed by atoms with Gasteiger partial charge in [-0.3, -0.25) is 0 Å². The molecule has 0 radical (unpaired) electrons. The average molecular weight is 287 g/mol. The highest BCUT2D eigenvalue weighted by Crippen LogP contribution is 2.21. The fourth-order valence-corrected chi connectivity index (χ4v) is 3.75. The van der Waals surface area contributed by atoms with E-state index < -0.39 is 0 Å². The Morgan fingerprint density at radius 2 is 2.00 bits per heavy atom. The highest BCUT2D eigenvalue weighted by Gasteiger charge is 2.12. The molecule has 2 heterocycles. The van der Waals surface area contributed by atoms with E-state index in [1.165, 1.54) is 29.9 Å². The van der Waals surface area contributed by atoms with Crippen LogP contribution in [0.25, 0.3) is 5.69 Å². The molecule has 4 heteroatoms. The first-order valence-corrected chi connectivity index (χ1v) is 8.45. The molecule has 0 aliphatic carbocycles. The lowest BCUT2D eigenvalue weighted by molar-refractivity contribution is 0.447. The summed E-state index contributed by atoms with van der Waals surface area (Å²) in [6.45, 7) is 2.05. The molecule has 1 saturated heterocycles. The Morgan fingerprint density at radius 3 is 2.80 bits per heavy atom. The molecule has 106 valence electrons. The van der Waals surface area contributed by atoms with E-state index in [-0.39, 0.29) is 0 Å². The molecule has 0 atom stereocenters. The SMILES string of the molecule is c1ccc(-n2cc(CNCC3CCSCC3)cn2)cc1. The van der Waals surface area contributed by atoms with E-state index in [0.29, 0.717) is 0 Å². The zero-order chi connectivity index (χ0) is 13.6. The molecule has 1 aliphatic heterocycles. The molecular formula is C16H21N3S. The van der Waals surface area contributed by atoms with Crippen molar-refractivity contribution < 1.29 is 0 Å². The van der Waals surface area contributed by atoms with Crippen LogP contribution in [0.3, 0.4) is 0 Å². The summed E-state index contributed by atoms with van der Waals surface area (Å²) in [7, 11) is 0. The van der Waals surface area contributed by atoms with Gasteiger partial charge in [-0.25, -0.2) is 4.68 Å². The standard InChI is InChI=1S/C16H21N3S/c1-2-4-16(5-3-1)19-13-15(12-18-19)11-17-10-14-6-8-20-9-7-14/h1-5,12-14,17H,6-11H2. The van der Waals surface area contributed by atoms with E-state index in [2.05, 4.69) is 40.5 Å². The van der Waals surface area contributed by atoms with Gasteiger partial charge in [-0.2, -0.15) is 16.9 Å². The minimum atomic E-state index is 0.861. The van der Waals surface area contributed by atoms with Crippen molar-refractivity contribution in [2.24, 2.45) is 5.92 Å². The normalized spacial score (nSPS) is 16.4. The second-order valence-electron chi connectivity index (χ2n) is 5.32. The Hall–Kier alpha value is -1.26. The van der Waals surface area contributed by atoms with Crippen molar-refractivity contribution in [3.05, 3.63) is 48.3 Å². The van der Waals surface area contributed by atoms with Gasteiger partial charge in [-0.15, -0.1) is 0 Å². The number of hydrogen-bond acceptors (Lipinski definition) is 3. The smallest absolute Gasteiger partial charge is 0.0645 e. The third-order valence-electron chi connectivity index (χ3n) is 3.76. The monoisotopic (exact) mass is 287 g/mol. The Morgan fingerprint density at radius 1 is 1.20 bits per heavy atom. The topological polar surface area (TPSA) is 29.9 Å². The van der Waals surface area contributed by atoms with Crippen molar-refractivity contribution >= 4 is 11.8 Å². The number of rotatable bonds is 5. The van der Waals surface area contributed by atoms with Crippen LogP contribution in [0.1, 0.15) is 18.4 Å². The van der Waals surface area contributed by atoms with Gasteiger partial charge in [0, 0.05) is 18.3 Å². The van der Waals surface area contributed by atoms with Gasteiger partial charge in [0.1, 0.15) is 0 Å². The van der Waals surface area contributed by atoms with Gasteiger partial charge < -0.3 is 5.32 Å². The maximum Gasteiger partial charge on any atom is 0.0645 e. The van der Waals surface area contributed by atoms with Crippen molar-refractivity contribution in [2.75, 3.05) is 18.1 Å². The summed E-state index contributed by atoms with van der Waals surface area (Å²) in [6.07, 6.45) is 6.79. The third kappa shape index (κ3) is 3.64. The summed E-state index contributed by atoms with van der Waals surface area (Å²) >= 11 is 2.09. The molecule has 3 nitrogen and oxygen atoms in total. The van der Waals surface area contributed by atoms with Crippen molar-refractivity contribution in [1.82, 2.24) is 15.1 Å². The fraction of sp³-hybridized carbons (Fsp3) is 0.438. The molecule has 0 bridgehead atoms. The summed E-state index contributed by atoms with van der Waals surface area (Å²) in [6, 6.07) is 10.2. The minimum absolute atomic E-state index is 0.861. The van der Waals surface area contributed by atoms with Gasteiger partial charge in [-0.05, 0) is 48.9 Å². The first kappa shape index (κ1) is 13.7. The fourth-order valence-electron chi connectivity index (χ4n) is 2.54. The molecule has 0 saturated carbocycles. The Kier molecular flexibility index (Phi) is 4.77. The highest BCUT2D eigenvalue weighted by atomic mass is 32.2. The molecule has 1 N–H and O–H groups in total. The molecule has 2 aromatic rings. The van der Waals surface area contributed by atoms with Gasteiger partial charge in [0.15, 0.2) is 0 Å².